The molecule has 0 saturated heterocycles. The lowest BCUT2D eigenvalue weighted by Crippen LogP contribution is -2.33. The van der Waals surface area contributed by atoms with Crippen molar-refractivity contribution in [2.24, 2.45) is 0 Å². The molecule has 0 aliphatic heterocycles. The molecule has 2 nitrogen and oxygen atoms in total. The maximum absolute atomic E-state index is 13.6. The van der Waals surface area contributed by atoms with E-state index >= 15 is 0 Å². The Morgan fingerprint density at radius 3 is 2.52 bits per heavy atom. The van der Waals surface area contributed by atoms with Gasteiger partial charge in [0.1, 0.15) is 11.6 Å². The molecular weight excluding hydrogens is 272 g/mol. The molecule has 21 heavy (non-hydrogen) atoms. The van der Waals surface area contributed by atoms with Gasteiger partial charge in [-0.05, 0) is 36.6 Å². The molecule has 0 heterocycles. The van der Waals surface area contributed by atoms with Gasteiger partial charge in [0.2, 0.25) is 0 Å². The Bertz CT molecular complexity index is 640. The highest BCUT2D eigenvalue weighted by molar-refractivity contribution is 5.31. The third-order valence-electron chi connectivity index (χ3n) is 4.03. The Hall–Kier alpha value is -1.78. The lowest BCUT2D eigenvalue weighted by molar-refractivity contribution is 0.163. The molecule has 2 N–H and O–H groups in total. The summed E-state index contributed by atoms with van der Waals surface area (Å²) >= 11 is 0. The summed E-state index contributed by atoms with van der Waals surface area (Å²) in [5, 5.41) is 13.4. The van der Waals surface area contributed by atoms with E-state index in [9.17, 15) is 13.9 Å². The molecule has 1 unspecified atom stereocenters. The van der Waals surface area contributed by atoms with E-state index in [4.69, 9.17) is 0 Å². The lowest BCUT2D eigenvalue weighted by Gasteiger charge is -2.21. The van der Waals surface area contributed by atoms with E-state index in [1.165, 1.54) is 18.2 Å². The molecule has 0 radical (unpaired) electrons. The van der Waals surface area contributed by atoms with E-state index < -0.39 is 11.9 Å². The predicted octanol–water partition coefficient (Wildman–Crippen LogP) is 3.28. The zero-order valence-corrected chi connectivity index (χ0v) is 11.5. The van der Waals surface area contributed by atoms with Crippen LogP contribution in [0.15, 0.2) is 48.5 Å². The molecule has 1 aliphatic rings. The largest absolute Gasteiger partial charge is 0.387 e. The van der Waals surface area contributed by atoms with E-state index in [1.54, 1.807) is 24.3 Å². The number of nitrogens with one attached hydrogen (secondary N) is 1. The Morgan fingerprint density at radius 2 is 1.86 bits per heavy atom. The standard InChI is InChI=1S/C17H17F2NO/c18-13-5-3-4-12(10-13)17(8-9-17)20-11-16(21)14-6-1-2-7-15(14)19/h1-7,10,16,20-21H,8-9,11H2. The van der Waals surface area contributed by atoms with Crippen LogP contribution in [0.4, 0.5) is 8.78 Å². The smallest absolute Gasteiger partial charge is 0.129 e. The van der Waals surface area contributed by atoms with Crippen molar-refractivity contribution in [2.45, 2.75) is 24.5 Å². The summed E-state index contributed by atoms with van der Waals surface area (Å²) in [7, 11) is 0. The highest BCUT2D eigenvalue weighted by Gasteiger charge is 2.44. The molecule has 1 fully saturated rings. The van der Waals surface area contributed by atoms with Crippen LogP contribution in [0.25, 0.3) is 0 Å². The average Bonchev–Trinajstić information content (AvgIpc) is 3.26. The van der Waals surface area contributed by atoms with Crippen molar-refractivity contribution >= 4 is 0 Å². The van der Waals surface area contributed by atoms with Gasteiger partial charge in [-0.15, -0.1) is 0 Å². The quantitative estimate of drug-likeness (QED) is 0.885. The summed E-state index contributed by atoms with van der Waals surface area (Å²) in [6, 6.07) is 12.7. The molecule has 1 atom stereocenters. The molecule has 1 aliphatic carbocycles. The van der Waals surface area contributed by atoms with Gasteiger partial charge in [0.25, 0.3) is 0 Å². The monoisotopic (exact) mass is 289 g/mol. The van der Waals surface area contributed by atoms with E-state index in [0.29, 0.717) is 0 Å². The number of rotatable bonds is 5. The summed E-state index contributed by atoms with van der Waals surface area (Å²) in [4.78, 5) is 0. The molecule has 110 valence electrons. The van der Waals surface area contributed by atoms with Gasteiger partial charge in [-0.25, -0.2) is 8.78 Å². The van der Waals surface area contributed by atoms with Crippen LogP contribution in [-0.2, 0) is 5.54 Å². The topological polar surface area (TPSA) is 32.3 Å². The first-order chi connectivity index (χ1) is 10.1. The maximum atomic E-state index is 13.6. The highest BCUT2D eigenvalue weighted by atomic mass is 19.1. The fourth-order valence-electron chi connectivity index (χ4n) is 2.63. The second-order valence-electron chi connectivity index (χ2n) is 5.51. The molecule has 0 aromatic heterocycles. The van der Waals surface area contributed by atoms with E-state index in [2.05, 4.69) is 5.32 Å². The number of hydrogen-bond donors (Lipinski definition) is 2. The van der Waals surface area contributed by atoms with Gasteiger partial charge in [0.15, 0.2) is 0 Å². The van der Waals surface area contributed by atoms with E-state index in [1.807, 2.05) is 6.07 Å². The van der Waals surface area contributed by atoms with Gasteiger partial charge in [0, 0.05) is 17.6 Å². The SMILES string of the molecule is OC(CNC1(c2cccc(F)c2)CC1)c1ccccc1F. The number of aliphatic hydroxyl groups excluding tert-OH is 1. The molecule has 2 aromatic rings. The lowest BCUT2D eigenvalue weighted by atomic mass is 10.0. The van der Waals surface area contributed by atoms with Crippen LogP contribution in [0.3, 0.4) is 0 Å². The molecule has 2 aromatic carbocycles. The van der Waals surface area contributed by atoms with Crippen LogP contribution >= 0.6 is 0 Å². The van der Waals surface area contributed by atoms with Crippen molar-refractivity contribution in [1.82, 2.24) is 5.32 Å². The van der Waals surface area contributed by atoms with Crippen molar-refractivity contribution in [3.63, 3.8) is 0 Å². The summed E-state index contributed by atoms with van der Waals surface area (Å²) in [6.45, 7) is 0.234. The zero-order valence-electron chi connectivity index (χ0n) is 11.5. The molecule has 0 bridgehead atoms. The molecule has 1 saturated carbocycles. The van der Waals surface area contributed by atoms with Crippen molar-refractivity contribution in [2.75, 3.05) is 6.54 Å². The average molecular weight is 289 g/mol. The number of halogens is 2. The van der Waals surface area contributed by atoms with Crippen LogP contribution in [0.1, 0.15) is 30.1 Å². The van der Waals surface area contributed by atoms with Crippen LogP contribution in [0, 0.1) is 11.6 Å². The minimum Gasteiger partial charge on any atom is -0.387 e. The predicted molar refractivity (Wildman–Crippen MR) is 76.7 cm³/mol. The highest BCUT2D eigenvalue weighted by Crippen LogP contribution is 2.45. The summed E-state index contributed by atoms with van der Waals surface area (Å²) in [5.41, 5.74) is 0.872. The number of hydrogen-bond acceptors (Lipinski definition) is 2. The zero-order chi connectivity index (χ0) is 14.9. The van der Waals surface area contributed by atoms with Crippen LogP contribution in [0.2, 0.25) is 0 Å². The van der Waals surface area contributed by atoms with E-state index in [0.717, 1.165) is 18.4 Å². The first kappa shape index (κ1) is 14.2. The van der Waals surface area contributed by atoms with Gasteiger partial charge < -0.3 is 10.4 Å². The Balaban J connectivity index is 1.69. The van der Waals surface area contributed by atoms with Crippen molar-refractivity contribution in [1.29, 1.82) is 0 Å². The van der Waals surface area contributed by atoms with Crippen LogP contribution in [0.5, 0.6) is 0 Å². The second-order valence-corrected chi connectivity index (χ2v) is 5.51. The summed E-state index contributed by atoms with van der Waals surface area (Å²) in [6.07, 6.45) is 0.859. The second kappa shape index (κ2) is 5.54. The first-order valence-corrected chi connectivity index (χ1v) is 7.04. The molecule has 0 amide bonds. The normalized spacial score (nSPS) is 17.5. The van der Waals surface area contributed by atoms with Crippen molar-refractivity contribution in [3.05, 3.63) is 71.3 Å². The summed E-state index contributed by atoms with van der Waals surface area (Å²) in [5.74, 6) is -0.683. The van der Waals surface area contributed by atoms with Crippen molar-refractivity contribution < 1.29 is 13.9 Å². The Labute approximate surface area is 122 Å². The van der Waals surface area contributed by atoms with Crippen LogP contribution in [-0.4, -0.2) is 11.7 Å². The fourth-order valence-corrected chi connectivity index (χ4v) is 2.63. The van der Waals surface area contributed by atoms with Crippen LogP contribution < -0.4 is 5.32 Å². The molecule has 0 spiro atoms. The molecule has 4 heteroatoms. The molecule has 3 rings (SSSR count). The fraction of sp³-hybridized carbons (Fsp3) is 0.294. The Morgan fingerprint density at radius 1 is 1.10 bits per heavy atom. The first-order valence-electron chi connectivity index (χ1n) is 7.04. The number of benzene rings is 2. The number of aliphatic hydroxyl groups is 1. The van der Waals surface area contributed by atoms with Crippen molar-refractivity contribution in [3.8, 4) is 0 Å². The summed E-state index contributed by atoms with van der Waals surface area (Å²) < 4.78 is 26.9. The third kappa shape index (κ3) is 2.96. The van der Waals surface area contributed by atoms with Gasteiger partial charge in [-0.2, -0.15) is 0 Å². The van der Waals surface area contributed by atoms with Gasteiger partial charge in [0.05, 0.1) is 6.10 Å². The van der Waals surface area contributed by atoms with Gasteiger partial charge in [-0.1, -0.05) is 30.3 Å². The maximum Gasteiger partial charge on any atom is 0.129 e. The minimum absolute atomic E-state index is 0.234. The Kier molecular flexibility index (Phi) is 3.74. The van der Waals surface area contributed by atoms with Gasteiger partial charge in [-0.3, -0.25) is 0 Å². The van der Waals surface area contributed by atoms with Gasteiger partial charge >= 0.3 is 0 Å². The third-order valence-corrected chi connectivity index (χ3v) is 4.03. The minimum atomic E-state index is -0.919. The van der Waals surface area contributed by atoms with E-state index in [-0.39, 0.29) is 23.5 Å². The molecular formula is C17H17F2NO.